The third-order valence-corrected chi connectivity index (χ3v) is 3.22. The molecule has 0 unspecified atom stereocenters. The van der Waals surface area contributed by atoms with Crippen molar-refractivity contribution in [1.82, 2.24) is 0 Å². The molecule has 1 aromatic carbocycles. The highest BCUT2D eigenvalue weighted by Crippen LogP contribution is 2.37. The normalized spacial score (nSPS) is 10.4. The van der Waals surface area contributed by atoms with E-state index >= 15 is 0 Å². The molecule has 100 valence electrons. The largest absolute Gasteiger partial charge is 0.489 e. The van der Waals surface area contributed by atoms with Crippen LogP contribution < -0.4 is 4.74 Å². The van der Waals surface area contributed by atoms with Crippen molar-refractivity contribution in [3.05, 3.63) is 31.2 Å². The molecule has 18 heavy (non-hydrogen) atoms. The maximum absolute atomic E-state index is 10.6. The van der Waals surface area contributed by atoms with Gasteiger partial charge in [0.25, 0.3) is 5.69 Å². The summed E-state index contributed by atoms with van der Waals surface area (Å²) < 4.78 is 11.6. The molecule has 0 saturated heterocycles. The average Bonchev–Trinajstić information content (AvgIpc) is 2.31. The zero-order valence-electron chi connectivity index (χ0n) is 9.20. The monoisotopic (exact) mass is 401 g/mol. The number of benzene rings is 1. The Morgan fingerprint density at radius 1 is 1.22 bits per heavy atom. The first-order valence-corrected chi connectivity index (χ1v) is 7.08. The van der Waals surface area contributed by atoms with E-state index in [0.29, 0.717) is 40.4 Å². The van der Waals surface area contributed by atoms with E-state index in [1.165, 1.54) is 12.1 Å². The molecule has 0 aliphatic carbocycles. The Kier molecular flexibility index (Phi) is 6.91. The number of hydrogen-bond donors (Lipinski definition) is 0. The van der Waals surface area contributed by atoms with Gasteiger partial charge in [0.15, 0.2) is 0 Å². The van der Waals surface area contributed by atoms with E-state index < -0.39 is 4.92 Å². The third kappa shape index (κ3) is 4.72. The number of alkyl halides is 1. The molecule has 0 aliphatic heterocycles. The quantitative estimate of drug-likeness (QED) is 0.301. The summed E-state index contributed by atoms with van der Waals surface area (Å²) in [5, 5.41) is 10.6. The van der Waals surface area contributed by atoms with Crippen LogP contribution in [0, 0.1) is 10.1 Å². The van der Waals surface area contributed by atoms with Crippen molar-refractivity contribution in [2.24, 2.45) is 0 Å². The first-order chi connectivity index (χ1) is 8.56. The number of hydrogen-bond acceptors (Lipinski definition) is 4. The fourth-order valence-electron chi connectivity index (χ4n) is 1.15. The van der Waals surface area contributed by atoms with Crippen LogP contribution in [0.15, 0.2) is 21.1 Å². The van der Waals surface area contributed by atoms with Gasteiger partial charge in [-0.15, -0.1) is 11.6 Å². The number of nitro groups is 1. The van der Waals surface area contributed by atoms with Crippen molar-refractivity contribution in [2.75, 3.05) is 25.7 Å². The van der Waals surface area contributed by atoms with E-state index in [9.17, 15) is 10.1 Å². The molecule has 1 rings (SSSR count). The first-order valence-electron chi connectivity index (χ1n) is 4.96. The van der Waals surface area contributed by atoms with Gasteiger partial charge in [0.2, 0.25) is 0 Å². The maximum Gasteiger partial charge on any atom is 0.271 e. The number of nitro benzene ring substituents is 1. The molecular formula is C10H10Br2ClNO4. The van der Waals surface area contributed by atoms with E-state index in [2.05, 4.69) is 31.9 Å². The molecule has 0 amide bonds. The second-order valence-corrected chi connectivity index (χ2v) is 5.23. The first kappa shape index (κ1) is 15.7. The van der Waals surface area contributed by atoms with Crippen molar-refractivity contribution in [3.63, 3.8) is 0 Å². The van der Waals surface area contributed by atoms with Crippen LogP contribution in [0.5, 0.6) is 5.75 Å². The summed E-state index contributed by atoms with van der Waals surface area (Å²) in [6, 6.07) is 2.78. The molecule has 0 fully saturated rings. The fourth-order valence-corrected chi connectivity index (χ4v) is 2.65. The highest BCUT2D eigenvalue weighted by atomic mass is 79.9. The predicted octanol–water partition coefficient (Wildman–Crippen LogP) is 3.75. The number of ether oxygens (including phenoxy) is 2. The molecule has 0 aromatic heterocycles. The van der Waals surface area contributed by atoms with Crippen LogP contribution in [0.2, 0.25) is 0 Å². The Morgan fingerprint density at radius 2 is 1.83 bits per heavy atom. The second kappa shape index (κ2) is 7.93. The van der Waals surface area contributed by atoms with Gasteiger partial charge >= 0.3 is 0 Å². The van der Waals surface area contributed by atoms with Crippen molar-refractivity contribution in [2.45, 2.75) is 0 Å². The predicted molar refractivity (Wildman–Crippen MR) is 75.5 cm³/mol. The molecular weight excluding hydrogens is 393 g/mol. The molecule has 1 aromatic rings. The van der Waals surface area contributed by atoms with Gasteiger partial charge in [-0.05, 0) is 31.9 Å². The van der Waals surface area contributed by atoms with E-state index in [0.717, 1.165) is 0 Å². The van der Waals surface area contributed by atoms with E-state index in [1.807, 2.05) is 0 Å². The third-order valence-electron chi connectivity index (χ3n) is 1.89. The standard InChI is InChI=1S/C10H10Br2ClNO4/c11-8-5-7(14(15)16)6-9(12)10(8)18-4-3-17-2-1-13/h5-6H,1-4H2. The minimum atomic E-state index is -0.469. The molecule has 0 spiro atoms. The summed E-state index contributed by atoms with van der Waals surface area (Å²) in [5.41, 5.74) is -0.0144. The molecule has 0 atom stereocenters. The number of rotatable bonds is 7. The molecule has 0 bridgehead atoms. The van der Waals surface area contributed by atoms with Crippen LogP contribution in [0.4, 0.5) is 5.69 Å². The fraction of sp³-hybridized carbons (Fsp3) is 0.400. The number of nitrogens with zero attached hydrogens (tertiary/aromatic N) is 1. The van der Waals surface area contributed by atoms with Crippen molar-refractivity contribution >= 4 is 49.1 Å². The molecule has 8 heteroatoms. The van der Waals surface area contributed by atoms with Gasteiger partial charge < -0.3 is 9.47 Å². The van der Waals surface area contributed by atoms with Crippen LogP contribution in [0.3, 0.4) is 0 Å². The van der Waals surface area contributed by atoms with Crippen molar-refractivity contribution in [3.8, 4) is 5.75 Å². The van der Waals surface area contributed by atoms with Gasteiger partial charge in [-0.25, -0.2) is 0 Å². The molecule has 0 N–H and O–H groups in total. The molecule has 0 saturated carbocycles. The lowest BCUT2D eigenvalue weighted by molar-refractivity contribution is -0.385. The van der Waals surface area contributed by atoms with Gasteiger partial charge in [-0.3, -0.25) is 10.1 Å². The Bertz CT molecular complexity index is 407. The van der Waals surface area contributed by atoms with Crippen molar-refractivity contribution in [1.29, 1.82) is 0 Å². The highest BCUT2D eigenvalue weighted by molar-refractivity contribution is 9.11. The summed E-state index contributed by atoms with van der Waals surface area (Å²) in [6.07, 6.45) is 0. The second-order valence-electron chi connectivity index (χ2n) is 3.15. The SMILES string of the molecule is O=[N+]([O-])c1cc(Br)c(OCCOCCCl)c(Br)c1. The number of halogens is 3. The summed E-state index contributed by atoms with van der Waals surface area (Å²) >= 11 is 11.9. The van der Waals surface area contributed by atoms with Crippen LogP contribution in [0.1, 0.15) is 0 Å². The maximum atomic E-state index is 10.6. The van der Waals surface area contributed by atoms with Gasteiger partial charge in [-0.2, -0.15) is 0 Å². The summed E-state index contributed by atoms with van der Waals surface area (Å²) in [5.74, 6) is 0.945. The Labute approximate surface area is 126 Å². The molecule has 0 radical (unpaired) electrons. The zero-order valence-corrected chi connectivity index (χ0v) is 13.1. The highest BCUT2D eigenvalue weighted by Gasteiger charge is 2.14. The Hall–Kier alpha value is -0.370. The van der Waals surface area contributed by atoms with E-state index in [1.54, 1.807) is 0 Å². The molecule has 0 aliphatic rings. The van der Waals surface area contributed by atoms with Gasteiger partial charge in [0.1, 0.15) is 12.4 Å². The van der Waals surface area contributed by atoms with Gasteiger partial charge in [0.05, 0.1) is 27.1 Å². The zero-order chi connectivity index (χ0) is 13.5. The summed E-state index contributed by atoms with van der Waals surface area (Å²) in [6.45, 7) is 1.21. The number of non-ortho nitro benzene ring substituents is 1. The van der Waals surface area contributed by atoms with E-state index in [-0.39, 0.29) is 5.69 Å². The minimum absolute atomic E-state index is 0.0144. The smallest absolute Gasteiger partial charge is 0.271 e. The average molecular weight is 403 g/mol. The summed E-state index contributed by atoms with van der Waals surface area (Å²) in [4.78, 5) is 10.2. The van der Waals surface area contributed by atoms with Gasteiger partial charge in [0, 0.05) is 18.0 Å². The Morgan fingerprint density at radius 3 is 2.33 bits per heavy atom. The topological polar surface area (TPSA) is 61.6 Å². The minimum Gasteiger partial charge on any atom is -0.489 e. The molecule has 0 heterocycles. The summed E-state index contributed by atoms with van der Waals surface area (Å²) in [7, 11) is 0. The van der Waals surface area contributed by atoms with Crippen LogP contribution in [-0.2, 0) is 4.74 Å². The lowest BCUT2D eigenvalue weighted by Crippen LogP contribution is -2.08. The van der Waals surface area contributed by atoms with Crippen LogP contribution in [-0.4, -0.2) is 30.6 Å². The Balaban J connectivity index is 2.63. The van der Waals surface area contributed by atoms with E-state index in [4.69, 9.17) is 21.1 Å². The van der Waals surface area contributed by atoms with Gasteiger partial charge in [-0.1, -0.05) is 0 Å². The lowest BCUT2D eigenvalue weighted by Gasteiger charge is -2.10. The van der Waals surface area contributed by atoms with Crippen molar-refractivity contribution < 1.29 is 14.4 Å². The van der Waals surface area contributed by atoms with Crippen LogP contribution >= 0.6 is 43.5 Å². The lowest BCUT2D eigenvalue weighted by atomic mass is 10.3. The van der Waals surface area contributed by atoms with Crippen LogP contribution in [0.25, 0.3) is 0 Å². The molecule has 5 nitrogen and oxygen atoms in total.